The van der Waals surface area contributed by atoms with Gasteiger partial charge in [0.05, 0.1) is 0 Å². The minimum Gasteiger partial charge on any atom is -0.489 e. The quantitative estimate of drug-likeness (QED) is 0.654. The third-order valence-corrected chi connectivity index (χ3v) is 3.67. The molecule has 0 aliphatic carbocycles. The van der Waals surface area contributed by atoms with E-state index in [9.17, 15) is 4.79 Å². The molecule has 0 radical (unpaired) electrons. The van der Waals surface area contributed by atoms with Crippen LogP contribution in [0.3, 0.4) is 0 Å². The zero-order chi connectivity index (χ0) is 15.6. The maximum atomic E-state index is 11.7. The number of aryl methyl sites for hydroxylation is 1. The molecule has 2 rings (SSSR count). The van der Waals surface area contributed by atoms with Crippen molar-refractivity contribution in [3.63, 3.8) is 0 Å². The fraction of sp³-hybridized carbons (Fsp3) is 0.350. The molecule has 22 heavy (non-hydrogen) atoms. The van der Waals surface area contributed by atoms with Crippen molar-refractivity contribution in [1.82, 2.24) is 0 Å². The average Bonchev–Trinajstić information content (AvgIpc) is 2.58. The minimum atomic E-state index is 0.367. The Morgan fingerprint density at radius 3 is 2.32 bits per heavy atom. The summed E-state index contributed by atoms with van der Waals surface area (Å²) in [5.41, 5.74) is 2.35. The number of carbonyl (C=O) groups is 1. The molecule has 2 aromatic rings. The molecule has 0 N–H and O–H groups in total. The van der Waals surface area contributed by atoms with Gasteiger partial charge in [0.15, 0.2) is 0 Å². The summed E-state index contributed by atoms with van der Waals surface area (Å²) < 4.78 is 5.76. The van der Waals surface area contributed by atoms with Crippen molar-refractivity contribution < 1.29 is 9.53 Å². The number of ether oxygens (including phenoxy) is 1. The molecule has 0 amide bonds. The molecule has 0 aromatic heterocycles. The second kappa shape index (κ2) is 9.04. The zero-order valence-corrected chi connectivity index (χ0v) is 13.3. The first-order valence-corrected chi connectivity index (χ1v) is 8.05. The normalized spacial score (nSPS) is 10.4. The minimum absolute atomic E-state index is 0.367. The molecular weight excluding hydrogens is 272 g/mol. The van der Waals surface area contributed by atoms with E-state index in [2.05, 4.69) is 19.1 Å². The predicted octanol–water partition coefficient (Wildman–Crippen LogP) is 4.96. The molecule has 116 valence electrons. The Bertz CT molecular complexity index is 558. The second-order valence-electron chi connectivity index (χ2n) is 5.56. The number of rotatable bonds is 9. The standard InChI is InChI=1S/C20H24O2/c1-2-3-9-19(21)13-10-17-11-14-20(15-12-17)22-16-18-7-5-4-6-8-18/h4-8,11-12,14-15H,2-3,9-10,13,16H2,1H3. The van der Waals surface area contributed by atoms with E-state index in [0.717, 1.165) is 37.0 Å². The van der Waals surface area contributed by atoms with Gasteiger partial charge >= 0.3 is 0 Å². The summed E-state index contributed by atoms with van der Waals surface area (Å²) in [5.74, 6) is 1.23. The first kappa shape index (κ1) is 16.3. The number of ketones is 1. The number of hydrogen-bond donors (Lipinski definition) is 0. The van der Waals surface area contributed by atoms with Gasteiger partial charge in [-0.2, -0.15) is 0 Å². The van der Waals surface area contributed by atoms with Gasteiger partial charge in [0.1, 0.15) is 18.1 Å². The number of unbranched alkanes of at least 4 members (excludes halogenated alkanes) is 1. The van der Waals surface area contributed by atoms with Crippen LogP contribution in [0, 0.1) is 0 Å². The van der Waals surface area contributed by atoms with Crippen LogP contribution < -0.4 is 4.74 Å². The Morgan fingerprint density at radius 1 is 0.909 bits per heavy atom. The van der Waals surface area contributed by atoms with Gasteiger partial charge < -0.3 is 4.74 Å². The van der Waals surface area contributed by atoms with Crippen molar-refractivity contribution in [1.29, 1.82) is 0 Å². The third-order valence-electron chi connectivity index (χ3n) is 3.67. The fourth-order valence-corrected chi connectivity index (χ4v) is 2.28. The maximum Gasteiger partial charge on any atom is 0.133 e. The smallest absolute Gasteiger partial charge is 0.133 e. The maximum absolute atomic E-state index is 11.7. The summed E-state index contributed by atoms with van der Waals surface area (Å²) in [7, 11) is 0. The molecule has 0 unspecified atom stereocenters. The second-order valence-corrected chi connectivity index (χ2v) is 5.56. The molecule has 2 nitrogen and oxygen atoms in total. The van der Waals surface area contributed by atoms with Crippen LogP contribution in [0.2, 0.25) is 0 Å². The molecule has 0 fully saturated rings. The average molecular weight is 296 g/mol. The van der Waals surface area contributed by atoms with Crippen LogP contribution in [0.4, 0.5) is 0 Å². The van der Waals surface area contributed by atoms with Crippen molar-refractivity contribution in [2.24, 2.45) is 0 Å². The lowest BCUT2D eigenvalue weighted by Crippen LogP contribution is -2.00. The fourth-order valence-electron chi connectivity index (χ4n) is 2.28. The molecule has 0 heterocycles. The number of hydrogen-bond acceptors (Lipinski definition) is 2. The van der Waals surface area contributed by atoms with E-state index in [-0.39, 0.29) is 0 Å². The topological polar surface area (TPSA) is 26.3 Å². The lowest BCUT2D eigenvalue weighted by Gasteiger charge is -2.07. The molecule has 2 aromatic carbocycles. The van der Waals surface area contributed by atoms with E-state index >= 15 is 0 Å². The van der Waals surface area contributed by atoms with E-state index < -0.39 is 0 Å². The largest absolute Gasteiger partial charge is 0.489 e. The van der Waals surface area contributed by atoms with Gasteiger partial charge in [-0.25, -0.2) is 0 Å². The molecule has 0 aliphatic heterocycles. The SMILES string of the molecule is CCCCC(=O)CCc1ccc(OCc2ccccc2)cc1. The Balaban J connectivity index is 1.76. The molecule has 0 bridgehead atoms. The molecule has 0 atom stereocenters. The van der Waals surface area contributed by atoms with Crippen LogP contribution in [-0.4, -0.2) is 5.78 Å². The first-order valence-electron chi connectivity index (χ1n) is 8.05. The third kappa shape index (κ3) is 5.72. The number of carbonyl (C=O) groups excluding carboxylic acids is 1. The Hall–Kier alpha value is -2.09. The summed E-state index contributed by atoms with van der Waals surface area (Å²) in [4.78, 5) is 11.7. The predicted molar refractivity (Wildman–Crippen MR) is 90.1 cm³/mol. The molecule has 0 aliphatic rings. The van der Waals surface area contributed by atoms with E-state index in [4.69, 9.17) is 4.74 Å². The van der Waals surface area contributed by atoms with Gasteiger partial charge in [-0.05, 0) is 36.1 Å². The highest BCUT2D eigenvalue weighted by Gasteiger charge is 2.03. The summed E-state index contributed by atoms with van der Waals surface area (Å²) in [6, 6.07) is 18.2. The molecule has 2 heteroatoms. The van der Waals surface area contributed by atoms with Crippen LogP contribution in [0.15, 0.2) is 54.6 Å². The van der Waals surface area contributed by atoms with Gasteiger partial charge in [0.2, 0.25) is 0 Å². The summed E-state index contributed by atoms with van der Waals surface area (Å²) in [6.07, 6.45) is 4.27. The monoisotopic (exact) mass is 296 g/mol. The summed E-state index contributed by atoms with van der Waals surface area (Å²) >= 11 is 0. The molecule has 0 saturated heterocycles. The van der Waals surface area contributed by atoms with Gasteiger partial charge in [0.25, 0.3) is 0 Å². The van der Waals surface area contributed by atoms with Crippen LogP contribution in [0.25, 0.3) is 0 Å². The molecule has 0 saturated carbocycles. The Labute approximate surface area is 133 Å². The highest BCUT2D eigenvalue weighted by Crippen LogP contribution is 2.15. The van der Waals surface area contributed by atoms with Crippen LogP contribution in [0.1, 0.15) is 43.7 Å². The lowest BCUT2D eigenvalue weighted by atomic mass is 10.0. The summed E-state index contributed by atoms with van der Waals surface area (Å²) in [5, 5.41) is 0. The van der Waals surface area contributed by atoms with Gasteiger partial charge in [-0.1, -0.05) is 55.8 Å². The van der Waals surface area contributed by atoms with Crippen molar-refractivity contribution in [2.45, 2.75) is 45.6 Å². The van der Waals surface area contributed by atoms with Crippen molar-refractivity contribution >= 4 is 5.78 Å². The zero-order valence-electron chi connectivity index (χ0n) is 13.3. The van der Waals surface area contributed by atoms with Crippen molar-refractivity contribution in [2.75, 3.05) is 0 Å². The van der Waals surface area contributed by atoms with E-state index in [0.29, 0.717) is 18.8 Å². The van der Waals surface area contributed by atoms with E-state index in [1.54, 1.807) is 0 Å². The van der Waals surface area contributed by atoms with Gasteiger partial charge in [0, 0.05) is 12.8 Å². The highest BCUT2D eigenvalue weighted by atomic mass is 16.5. The Morgan fingerprint density at radius 2 is 1.64 bits per heavy atom. The molecule has 0 spiro atoms. The van der Waals surface area contributed by atoms with Crippen LogP contribution >= 0.6 is 0 Å². The van der Waals surface area contributed by atoms with Gasteiger partial charge in [-0.15, -0.1) is 0 Å². The Kier molecular flexibility index (Phi) is 6.69. The lowest BCUT2D eigenvalue weighted by molar-refractivity contribution is -0.119. The van der Waals surface area contributed by atoms with Crippen LogP contribution in [-0.2, 0) is 17.8 Å². The number of Topliss-reactive ketones (excluding diaryl/α,β-unsaturated/α-hetero) is 1. The van der Waals surface area contributed by atoms with Crippen molar-refractivity contribution in [3.05, 3.63) is 65.7 Å². The van der Waals surface area contributed by atoms with Crippen molar-refractivity contribution in [3.8, 4) is 5.75 Å². The summed E-state index contributed by atoms with van der Waals surface area (Å²) in [6.45, 7) is 2.69. The van der Waals surface area contributed by atoms with Crippen LogP contribution in [0.5, 0.6) is 5.75 Å². The van der Waals surface area contributed by atoms with Gasteiger partial charge in [-0.3, -0.25) is 4.79 Å². The highest BCUT2D eigenvalue weighted by molar-refractivity contribution is 5.78. The molecular formula is C20H24O2. The van der Waals surface area contributed by atoms with E-state index in [1.807, 2.05) is 42.5 Å². The number of benzene rings is 2. The first-order chi connectivity index (χ1) is 10.8. The van der Waals surface area contributed by atoms with E-state index in [1.165, 1.54) is 5.56 Å².